The Morgan fingerprint density at radius 1 is 1.20 bits per heavy atom. The number of rotatable bonds is 6. The number of carbonyl (C=O) groups excluding carboxylic acids is 2. The van der Waals surface area contributed by atoms with Crippen LogP contribution in [0.15, 0.2) is 54.2 Å². The van der Waals surface area contributed by atoms with Crippen LogP contribution in [0.2, 0.25) is 0 Å². The summed E-state index contributed by atoms with van der Waals surface area (Å²) in [5.41, 5.74) is 3.08. The molecule has 2 aromatic heterocycles. The molecule has 0 fully saturated rings. The fraction of sp³-hybridized carbons (Fsp3) is 0.158. The molecule has 0 aliphatic heterocycles. The van der Waals surface area contributed by atoms with Crippen LogP contribution in [0.4, 0.5) is 5.69 Å². The molecule has 0 bridgehead atoms. The van der Waals surface area contributed by atoms with Crippen molar-refractivity contribution in [2.45, 2.75) is 19.8 Å². The smallest absolute Gasteiger partial charge is 0.224 e. The highest BCUT2D eigenvalue weighted by Crippen LogP contribution is 2.23. The molecule has 25 heavy (non-hydrogen) atoms. The quantitative estimate of drug-likeness (QED) is 0.682. The Morgan fingerprint density at radius 2 is 2.08 bits per heavy atom. The third-order valence-corrected chi connectivity index (χ3v) is 4.56. The number of thiazole rings is 1. The molecule has 6 heteroatoms. The van der Waals surface area contributed by atoms with Crippen molar-refractivity contribution < 1.29 is 9.59 Å². The number of Topliss-reactive ketones (excluding diaryl/α,β-unsaturated/α-hetero) is 1. The van der Waals surface area contributed by atoms with Gasteiger partial charge in [-0.05, 0) is 37.6 Å². The molecule has 0 atom stereocenters. The number of anilines is 1. The predicted molar refractivity (Wildman–Crippen MR) is 98.7 cm³/mol. The van der Waals surface area contributed by atoms with E-state index in [0.29, 0.717) is 24.1 Å². The second-order valence-corrected chi connectivity index (χ2v) is 6.43. The number of ketones is 1. The van der Waals surface area contributed by atoms with Crippen LogP contribution >= 0.6 is 11.3 Å². The van der Waals surface area contributed by atoms with Gasteiger partial charge in [-0.15, -0.1) is 11.3 Å². The number of amides is 1. The monoisotopic (exact) mass is 351 g/mol. The maximum absolute atomic E-state index is 12.1. The largest absolute Gasteiger partial charge is 0.326 e. The van der Waals surface area contributed by atoms with Gasteiger partial charge in [-0.25, -0.2) is 4.98 Å². The lowest BCUT2D eigenvalue weighted by Crippen LogP contribution is -2.12. The Labute approximate surface area is 149 Å². The van der Waals surface area contributed by atoms with Gasteiger partial charge in [0, 0.05) is 41.0 Å². The maximum atomic E-state index is 12.1. The number of aryl methyl sites for hydroxylation is 1. The van der Waals surface area contributed by atoms with E-state index in [1.54, 1.807) is 48.0 Å². The highest BCUT2D eigenvalue weighted by Gasteiger charge is 2.08. The van der Waals surface area contributed by atoms with E-state index >= 15 is 0 Å². The van der Waals surface area contributed by atoms with Gasteiger partial charge in [-0.1, -0.05) is 12.1 Å². The van der Waals surface area contributed by atoms with Crippen molar-refractivity contribution in [3.05, 3.63) is 65.4 Å². The van der Waals surface area contributed by atoms with E-state index in [2.05, 4.69) is 15.3 Å². The van der Waals surface area contributed by atoms with Crippen molar-refractivity contribution in [3.8, 4) is 10.6 Å². The van der Waals surface area contributed by atoms with E-state index in [1.165, 1.54) is 6.92 Å². The summed E-state index contributed by atoms with van der Waals surface area (Å²) in [7, 11) is 0. The Kier molecular flexibility index (Phi) is 5.30. The molecule has 0 radical (unpaired) electrons. The van der Waals surface area contributed by atoms with Crippen LogP contribution in [0, 0.1) is 0 Å². The van der Waals surface area contributed by atoms with E-state index in [-0.39, 0.29) is 11.7 Å². The van der Waals surface area contributed by atoms with E-state index in [9.17, 15) is 9.59 Å². The van der Waals surface area contributed by atoms with Gasteiger partial charge >= 0.3 is 0 Å². The molecule has 126 valence electrons. The van der Waals surface area contributed by atoms with Crippen LogP contribution in [0.25, 0.3) is 10.6 Å². The van der Waals surface area contributed by atoms with E-state index in [0.717, 1.165) is 16.3 Å². The summed E-state index contributed by atoms with van der Waals surface area (Å²) in [5.74, 6) is -0.127. The first-order valence-corrected chi connectivity index (χ1v) is 8.75. The topological polar surface area (TPSA) is 72.0 Å². The summed E-state index contributed by atoms with van der Waals surface area (Å²) in [6.45, 7) is 1.50. The minimum absolute atomic E-state index is 0.0264. The SMILES string of the molecule is CC(=O)c1cccc(NC(=O)CCc2csc(-c3cccnc3)n2)c1. The van der Waals surface area contributed by atoms with Gasteiger partial charge in [0.1, 0.15) is 5.01 Å². The van der Waals surface area contributed by atoms with Gasteiger partial charge in [-0.3, -0.25) is 14.6 Å². The molecular formula is C19H17N3O2S. The van der Waals surface area contributed by atoms with E-state index in [1.807, 2.05) is 17.5 Å². The number of hydrogen-bond acceptors (Lipinski definition) is 5. The molecule has 0 spiro atoms. The third kappa shape index (κ3) is 4.58. The van der Waals surface area contributed by atoms with Gasteiger partial charge in [-0.2, -0.15) is 0 Å². The van der Waals surface area contributed by atoms with Gasteiger partial charge in [0.2, 0.25) is 5.91 Å². The molecule has 5 nitrogen and oxygen atoms in total. The molecule has 0 aliphatic rings. The Hall–Kier alpha value is -2.86. The first kappa shape index (κ1) is 17.0. The summed E-state index contributed by atoms with van der Waals surface area (Å²) in [5, 5.41) is 5.69. The lowest BCUT2D eigenvalue weighted by Gasteiger charge is -2.05. The number of pyridine rings is 1. The molecule has 0 saturated carbocycles. The van der Waals surface area contributed by atoms with Crippen molar-refractivity contribution in [1.82, 2.24) is 9.97 Å². The summed E-state index contributed by atoms with van der Waals surface area (Å²) < 4.78 is 0. The average Bonchev–Trinajstić information content (AvgIpc) is 3.10. The molecular weight excluding hydrogens is 334 g/mol. The highest BCUT2D eigenvalue weighted by molar-refractivity contribution is 7.13. The van der Waals surface area contributed by atoms with Crippen LogP contribution in [-0.2, 0) is 11.2 Å². The van der Waals surface area contributed by atoms with Crippen LogP contribution in [-0.4, -0.2) is 21.7 Å². The minimum atomic E-state index is -0.100. The van der Waals surface area contributed by atoms with Crippen molar-refractivity contribution >= 4 is 28.7 Å². The molecule has 1 N–H and O–H groups in total. The zero-order valence-corrected chi connectivity index (χ0v) is 14.5. The summed E-state index contributed by atoms with van der Waals surface area (Å²) >= 11 is 1.54. The Bertz CT molecular complexity index is 890. The molecule has 0 aliphatic carbocycles. The lowest BCUT2D eigenvalue weighted by atomic mass is 10.1. The highest BCUT2D eigenvalue weighted by atomic mass is 32.1. The Morgan fingerprint density at radius 3 is 2.84 bits per heavy atom. The fourth-order valence-electron chi connectivity index (χ4n) is 2.32. The second-order valence-electron chi connectivity index (χ2n) is 5.57. The summed E-state index contributed by atoms with van der Waals surface area (Å²) in [6, 6.07) is 10.8. The van der Waals surface area contributed by atoms with Gasteiger partial charge in [0.25, 0.3) is 0 Å². The minimum Gasteiger partial charge on any atom is -0.326 e. The summed E-state index contributed by atoms with van der Waals surface area (Å²) in [4.78, 5) is 32.1. The standard InChI is InChI=1S/C19H17N3O2S/c1-13(23)14-4-2-6-16(10-14)21-18(24)8-7-17-12-25-19(22-17)15-5-3-9-20-11-15/h2-6,9-12H,7-8H2,1H3,(H,21,24). The van der Waals surface area contributed by atoms with Crippen LogP contribution in [0.1, 0.15) is 29.4 Å². The molecule has 0 unspecified atom stereocenters. The molecule has 0 saturated heterocycles. The number of aromatic nitrogens is 2. The number of carbonyl (C=O) groups is 2. The molecule has 3 aromatic rings. The zero-order valence-electron chi connectivity index (χ0n) is 13.7. The predicted octanol–water partition coefficient (Wildman–Crippen LogP) is 3.98. The zero-order chi connectivity index (χ0) is 17.6. The molecule has 1 amide bonds. The first-order chi connectivity index (χ1) is 12.1. The first-order valence-electron chi connectivity index (χ1n) is 7.87. The van der Waals surface area contributed by atoms with Crippen molar-refractivity contribution in [2.75, 3.05) is 5.32 Å². The number of benzene rings is 1. The average molecular weight is 351 g/mol. The molecule has 1 aromatic carbocycles. The van der Waals surface area contributed by atoms with Crippen molar-refractivity contribution in [1.29, 1.82) is 0 Å². The third-order valence-electron chi connectivity index (χ3n) is 3.62. The fourth-order valence-corrected chi connectivity index (χ4v) is 3.17. The maximum Gasteiger partial charge on any atom is 0.224 e. The van der Waals surface area contributed by atoms with E-state index in [4.69, 9.17) is 0 Å². The van der Waals surface area contributed by atoms with E-state index < -0.39 is 0 Å². The molecule has 2 heterocycles. The number of nitrogens with one attached hydrogen (secondary N) is 1. The second kappa shape index (κ2) is 7.81. The number of nitrogens with zero attached hydrogens (tertiary/aromatic N) is 2. The van der Waals surface area contributed by atoms with Crippen LogP contribution < -0.4 is 5.32 Å². The van der Waals surface area contributed by atoms with Crippen molar-refractivity contribution in [2.24, 2.45) is 0 Å². The van der Waals surface area contributed by atoms with Gasteiger partial charge < -0.3 is 5.32 Å². The number of hydrogen-bond donors (Lipinski definition) is 1. The van der Waals surface area contributed by atoms with Crippen molar-refractivity contribution in [3.63, 3.8) is 0 Å². The van der Waals surface area contributed by atoms with Gasteiger partial charge in [0.15, 0.2) is 5.78 Å². The normalized spacial score (nSPS) is 10.4. The van der Waals surface area contributed by atoms with Crippen LogP contribution in [0.5, 0.6) is 0 Å². The lowest BCUT2D eigenvalue weighted by molar-refractivity contribution is -0.116. The molecule has 3 rings (SSSR count). The Balaban J connectivity index is 1.57. The van der Waals surface area contributed by atoms with Gasteiger partial charge in [0.05, 0.1) is 5.69 Å². The van der Waals surface area contributed by atoms with Crippen LogP contribution in [0.3, 0.4) is 0 Å². The summed E-state index contributed by atoms with van der Waals surface area (Å²) in [6.07, 6.45) is 4.40.